The van der Waals surface area contributed by atoms with Crippen molar-refractivity contribution in [2.24, 2.45) is 0 Å². The fourth-order valence-electron chi connectivity index (χ4n) is 4.04. The minimum Gasteiger partial charge on any atom is -0.477 e. The Morgan fingerprint density at radius 3 is 2.31 bits per heavy atom. The average molecular weight is 508 g/mol. The van der Waals surface area contributed by atoms with Gasteiger partial charge in [0.2, 0.25) is 15.9 Å². The van der Waals surface area contributed by atoms with Gasteiger partial charge in [-0.15, -0.1) is 0 Å². The van der Waals surface area contributed by atoms with Crippen molar-refractivity contribution in [2.45, 2.75) is 30.3 Å². The number of ether oxygens (including phenoxy) is 1. The molecule has 0 saturated heterocycles. The largest absolute Gasteiger partial charge is 0.477 e. The lowest BCUT2D eigenvalue weighted by molar-refractivity contribution is -0.128. The van der Waals surface area contributed by atoms with Gasteiger partial charge < -0.3 is 15.0 Å². The third-order valence-electron chi connectivity index (χ3n) is 6.05. The Balaban J connectivity index is 1.39. The zero-order chi connectivity index (χ0) is 25.5. The smallest absolute Gasteiger partial charge is 0.262 e. The molecule has 1 aliphatic rings. The number of nitrogens with one attached hydrogen (secondary N) is 2. The van der Waals surface area contributed by atoms with E-state index in [1.807, 2.05) is 36.4 Å². The van der Waals surface area contributed by atoms with E-state index in [9.17, 15) is 18.0 Å². The zero-order valence-electron chi connectivity index (χ0n) is 20.0. The molecule has 0 saturated carbocycles. The van der Waals surface area contributed by atoms with Crippen LogP contribution in [0.1, 0.15) is 17.5 Å². The van der Waals surface area contributed by atoms with Crippen molar-refractivity contribution in [3.63, 3.8) is 0 Å². The van der Waals surface area contributed by atoms with Gasteiger partial charge in [-0.1, -0.05) is 54.6 Å². The highest BCUT2D eigenvalue weighted by Crippen LogP contribution is 2.33. The lowest BCUT2D eigenvalue weighted by atomic mass is 10.1. The molecule has 1 atom stereocenters. The number of hydrogen-bond acceptors (Lipinski definition) is 5. The number of amides is 2. The number of aryl methyl sites for hydroxylation is 1. The summed E-state index contributed by atoms with van der Waals surface area (Å²) in [5.41, 5.74) is 2.60. The summed E-state index contributed by atoms with van der Waals surface area (Å²) >= 11 is 0. The maximum Gasteiger partial charge on any atom is 0.262 e. The molecule has 8 nitrogen and oxygen atoms in total. The van der Waals surface area contributed by atoms with Gasteiger partial charge in [0.25, 0.3) is 5.91 Å². The summed E-state index contributed by atoms with van der Waals surface area (Å²) in [6.07, 6.45) is 0.527. The van der Waals surface area contributed by atoms with Crippen LogP contribution in [0.5, 0.6) is 5.75 Å². The molecule has 188 valence electrons. The summed E-state index contributed by atoms with van der Waals surface area (Å²) in [6.45, 7) is 0.587. The Morgan fingerprint density at radius 1 is 0.917 bits per heavy atom. The van der Waals surface area contributed by atoms with E-state index in [0.717, 1.165) is 11.1 Å². The van der Waals surface area contributed by atoms with Crippen molar-refractivity contribution in [3.05, 3.63) is 90.0 Å². The second-order valence-corrected chi connectivity index (χ2v) is 10.3. The van der Waals surface area contributed by atoms with Gasteiger partial charge in [-0.05, 0) is 55.3 Å². The maximum absolute atomic E-state index is 13.2. The van der Waals surface area contributed by atoms with Crippen molar-refractivity contribution >= 4 is 27.5 Å². The monoisotopic (exact) mass is 507 g/mol. The number of para-hydroxylation sites is 2. The van der Waals surface area contributed by atoms with Gasteiger partial charge in [0.05, 0.1) is 17.1 Å². The maximum atomic E-state index is 13.2. The Bertz CT molecular complexity index is 1310. The van der Waals surface area contributed by atoms with Crippen LogP contribution in [-0.4, -0.2) is 46.5 Å². The van der Waals surface area contributed by atoms with E-state index in [2.05, 4.69) is 10.0 Å². The topological polar surface area (TPSA) is 105 Å². The second kappa shape index (κ2) is 11.4. The highest BCUT2D eigenvalue weighted by molar-refractivity contribution is 7.89. The molecule has 2 N–H and O–H groups in total. The minimum atomic E-state index is -3.51. The first kappa shape index (κ1) is 25.4. The summed E-state index contributed by atoms with van der Waals surface area (Å²) in [5.74, 6) is 0.0845. The molecule has 0 fully saturated rings. The fraction of sp³-hybridized carbons (Fsp3) is 0.259. The molecule has 3 aromatic rings. The lowest BCUT2D eigenvalue weighted by Gasteiger charge is -2.34. The number of benzene rings is 3. The van der Waals surface area contributed by atoms with Gasteiger partial charge in [0.1, 0.15) is 5.75 Å². The molecule has 0 radical (unpaired) electrons. The molecule has 9 heteroatoms. The lowest BCUT2D eigenvalue weighted by Crippen LogP contribution is -2.51. The third-order valence-corrected chi connectivity index (χ3v) is 7.48. The molecular weight excluding hydrogens is 478 g/mol. The molecular formula is C27H29N3O5S. The summed E-state index contributed by atoms with van der Waals surface area (Å²) in [7, 11) is -2.15. The Kier molecular flexibility index (Phi) is 8.02. The van der Waals surface area contributed by atoms with Gasteiger partial charge in [-0.2, -0.15) is 0 Å². The van der Waals surface area contributed by atoms with E-state index < -0.39 is 16.1 Å². The molecule has 1 heterocycles. The van der Waals surface area contributed by atoms with Crippen molar-refractivity contribution in [1.29, 1.82) is 0 Å². The van der Waals surface area contributed by atoms with Crippen LogP contribution in [0.2, 0.25) is 0 Å². The number of anilines is 1. The molecule has 0 aromatic heterocycles. The predicted molar refractivity (Wildman–Crippen MR) is 137 cm³/mol. The van der Waals surface area contributed by atoms with E-state index in [-0.39, 0.29) is 29.7 Å². The highest BCUT2D eigenvalue weighted by atomic mass is 32.2. The minimum absolute atomic E-state index is 0.117. The van der Waals surface area contributed by atoms with E-state index in [0.29, 0.717) is 30.8 Å². The van der Waals surface area contributed by atoms with Gasteiger partial charge in [-0.25, -0.2) is 13.1 Å². The van der Waals surface area contributed by atoms with E-state index in [1.165, 1.54) is 19.2 Å². The average Bonchev–Trinajstić information content (AvgIpc) is 2.91. The molecule has 0 unspecified atom stereocenters. The van der Waals surface area contributed by atoms with E-state index in [4.69, 9.17) is 4.74 Å². The van der Waals surface area contributed by atoms with E-state index in [1.54, 1.807) is 35.2 Å². The quantitative estimate of drug-likeness (QED) is 0.463. The molecule has 0 spiro atoms. The van der Waals surface area contributed by atoms with Crippen molar-refractivity contribution in [2.75, 3.05) is 25.0 Å². The molecule has 0 bridgehead atoms. The van der Waals surface area contributed by atoms with Crippen LogP contribution in [0.25, 0.3) is 0 Å². The van der Waals surface area contributed by atoms with Crippen LogP contribution in [0.15, 0.2) is 83.8 Å². The van der Waals surface area contributed by atoms with Crippen LogP contribution in [0, 0.1) is 0 Å². The first-order valence-electron chi connectivity index (χ1n) is 11.8. The first-order chi connectivity index (χ1) is 17.4. The number of carbonyl (C=O) groups is 2. The molecule has 0 aliphatic carbocycles. The molecule has 3 aromatic carbocycles. The van der Waals surface area contributed by atoms with Crippen LogP contribution < -0.4 is 19.7 Å². The Hall–Kier alpha value is -3.69. The SMILES string of the molecule is CNS(=O)(=O)c1ccc(CCC(=O)N2C[C@@H](C(=O)NCCc3ccccc3)Oc3ccccc32)cc1. The summed E-state index contributed by atoms with van der Waals surface area (Å²) in [5, 5.41) is 2.92. The standard InChI is InChI=1S/C27H29N3O5S/c1-28-36(33,34)22-14-11-21(12-15-22)13-16-26(31)30-19-25(35-24-10-6-5-9-23(24)30)27(32)29-18-17-20-7-3-2-4-8-20/h2-12,14-15,25,28H,13,16-19H2,1H3,(H,29,32)/t25-/m0/s1. The van der Waals surface area contributed by atoms with Crippen LogP contribution >= 0.6 is 0 Å². The summed E-state index contributed by atoms with van der Waals surface area (Å²) in [6, 6.07) is 23.5. The fourth-order valence-corrected chi connectivity index (χ4v) is 4.77. The number of hydrogen-bond donors (Lipinski definition) is 2. The van der Waals surface area contributed by atoms with Crippen molar-refractivity contribution in [3.8, 4) is 5.75 Å². The first-order valence-corrected chi connectivity index (χ1v) is 13.3. The van der Waals surface area contributed by atoms with Gasteiger partial charge in [0, 0.05) is 13.0 Å². The van der Waals surface area contributed by atoms with Crippen LogP contribution in [0.4, 0.5) is 5.69 Å². The van der Waals surface area contributed by atoms with Crippen molar-refractivity contribution in [1.82, 2.24) is 10.0 Å². The van der Waals surface area contributed by atoms with Crippen molar-refractivity contribution < 1.29 is 22.7 Å². The Labute approximate surface area is 211 Å². The predicted octanol–water partition coefficient (Wildman–Crippen LogP) is 2.68. The van der Waals surface area contributed by atoms with Gasteiger partial charge in [0.15, 0.2) is 6.10 Å². The number of carbonyl (C=O) groups excluding carboxylic acids is 2. The summed E-state index contributed by atoms with van der Waals surface area (Å²) < 4.78 is 32.0. The van der Waals surface area contributed by atoms with Gasteiger partial charge in [-0.3, -0.25) is 9.59 Å². The zero-order valence-corrected chi connectivity index (χ0v) is 20.8. The second-order valence-electron chi connectivity index (χ2n) is 8.46. The number of fused-ring (bicyclic) bond motifs is 1. The Morgan fingerprint density at radius 2 is 1.58 bits per heavy atom. The number of nitrogens with zero attached hydrogens (tertiary/aromatic N) is 1. The third kappa shape index (κ3) is 6.10. The van der Waals surface area contributed by atoms with Gasteiger partial charge >= 0.3 is 0 Å². The molecule has 36 heavy (non-hydrogen) atoms. The molecule has 1 aliphatic heterocycles. The number of sulfonamides is 1. The highest BCUT2D eigenvalue weighted by Gasteiger charge is 2.33. The number of rotatable bonds is 9. The normalized spacial score (nSPS) is 15.0. The summed E-state index contributed by atoms with van der Waals surface area (Å²) in [4.78, 5) is 27.8. The van der Waals surface area contributed by atoms with Crippen LogP contribution in [-0.2, 0) is 32.5 Å². The van der Waals surface area contributed by atoms with Crippen LogP contribution in [0.3, 0.4) is 0 Å². The molecule has 4 rings (SSSR count). The molecule has 2 amide bonds. The van der Waals surface area contributed by atoms with E-state index >= 15 is 0 Å².